The van der Waals surface area contributed by atoms with Crippen molar-refractivity contribution in [2.24, 2.45) is 0 Å². The third-order valence-electron chi connectivity index (χ3n) is 3.17. The first-order valence-electron chi connectivity index (χ1n) is 7.07. The monoisotopic (exact) mass is 456 g/mol. The van der Waals surface area contributed by atoms with Crippen molar-refractivity contribution in [2.75, 3.05) is 22.4 Å². The molecule has 2 aromatic carbocycles. The number of nitrogens with zero attached hydrogens (tertiary/aromatic N) is 1. The lowest BCUT2D eigenvalue weighted by Gasteiger charge is -2.21. The van der Waals surface area contributed by atoms with E-state index in [9.17, 15) is 13.2 Å². The molecule has 0 spiro atoms. The van der Waals surface area contributed by atoms with Crippen molar-refractivity contribution in [3.8, 4) is 0 Å². The second kappa shape index (κ2) is 7.80. The van der Waals surface area contributed by atoms with Crippen molar-refractivity contribution in [3.05, 3.63) is 70.3 Å². The molecule has 0 unspecified atom stereocenters. The quantitative estimate of drug-likeness (QED) is 0.535. The molecule has 0 saturated carbocycles. The zero-order valence-corrected chi connectivity index (χ0v) is 16.0. The van der Waals surface area contributed by atoms with Gasteiger partial charge in [-0.3, -0.25) is 9.10 Å². The van der Waals surface area contributed by atoms with Crippen molar-refractivity contribution in [1.82, 2.24) is 0 Å². The van der Waals surface area contributed by atoms with Crippen molar-refractivity contribution < 1.29 is 13.2 Å². The molecular formula is C17H17IN2O3S. The van der Waals surface area contributed by atoms with Crippen LogP contribution in [0.3, 0.4) is 0 Å². The predicted molar refractivity (Wildman–Crippen MR) is 106 cm³/mol. The summed E-state index contributed by atoms with van der Waals surface area (Å²) >= 11 is 2.14. The van der Waals surface area contributed by atoms with Crippen LogP contribution in [0.5, 0.6) is 0 Å². The molecule has 0 aliphatic heterocycles. The molecule has 1 amide bonds. The lowest BCUT2D eigenvalue weighted by molar-refractivity contribution is 0.102. The maximum atomic E-state index is 12.3. The maximum Gasteiger partial charge on any atom is 0.255 e. The second-order valence-corrected chi connectivity index (χ2v) is 8.25. The fourth-order valence-electron chi connectivity index (χ4n) is 2.12. The van der Waals surface area contributed by atoms with Gasteiger partial charge >= 0.3 is 0 Å². The Morgan fingerprint density at radius 1 is 1.25 bits per heavy atom. The van der Waals surface area contributed by atoms with Gasteiger partial charge in [0.05, 0.1) is 18.5 Å². The second-order valence-electron chi connectivity index (χ2n) is 5.10. The molecule has 126 valence electrons. The standard InChI is InChI=1S/C17H17IN2O3S/c1-3-10-20(24(2,22)23)16-9-5-8-15(12-16)19-17(21)13-6-4-7-14(18)11-13/h3-9,11-12H,1,10H2,2H3,(H,19,21). The Labute approximate surface area is 155 Å². The van der Waals surface area contributed by atoms with E-state index in [1.54, 1.807) is 36.4 Å². The molecule has 0 aromatic heterocycles. The minimum atomic E-state index is -3.43. The number of amides is 1. The zero-order chi connectivity index (χ0) is 17.7. The van der Waals surface area contributed by atoms with Crippen LogP contribution in [0.2, 0.25) is 0 Å². The smallest absolute Gasteiger partial charge is 0.255 e. The first-order chi connectivity index (χ1) is 11.3. The van der Waals surface area contributed by atoms with Crippen LogP contribution in [0, 0.1) is 3.57 Å². The van der Waals surface area contributed by atoms with E-state index in [0.717, 1.165) is 9.83 Å². The van der Waals surface area contributed by atoms with E-state index in [4.69, 9.17) is 0 Å². The lowest BCUT2D eigenvalue weighted by atomic mass is 10.2. The number of carbonyl (C=O) groups excluding carboxylic acids is 1. The van der Waals surface area contributed by atoms with E-state index in [2.05, 4.69) is 34.5 Å². The zero-order valence-electron chi connectivity index (χ0n) is 13.1. The van der Waals surface area contributed by atoms with Crippen LogP contribution in [0.1, 0.15) is 10.4 Å². The van der Waals surface area contributed by atoms with E-state index in [-0.39, 0.29) is 12.5 Å². The van der Waals surface area contributed by atoms with Crippen molar-refractivity contribution in [2.45, 2.75) is 0 Å². The Morgan fingerprint density at radius 2 is 1.96 bits per heavy atom. The number of rotatable bonds is 6. The van der Waals surface area contributed by atoms with Crippen molar-refractivity contribution in [1.29, 1.82) is 0 Å². The number of halogens is 1. The minimum Gasteiger partial charge on any atom is -0.322 e. The molecule has 0 aliphatic rings. The van der Waals surface area contributed by atoms with Crippen LogP contribution in [0.25, 0.3) is 0 Å². The molecule has 5 nitrogen and oxygen atoms in total. The van der Waals surface area contributed by atoms with E-state index in [1.807, 2.05) is 12.1 Å². The van der Waals surface area contributed by atoms with E-state index in [1.165, 1.54) is 10.4 Å². The summed E-state index contributed by atoms with van der Waals surface area (Å²) in [6.07, 6.45) is 2.64. The number of benzene rings is 2. The third-order valence-corrected chi connectivity index (χ3v) is 5.01. The molecule has 2 aromatic rings. The van der Waals surface area contributed by atoms with Gasteiger partial charge < -0.3 is 5.32 Å². The molecule has 0 bridgehead atoms. The lowest BCUT2D eigenvalue weighted by Crippen LogP contribution is -2.29. The highest BCUT2D eigenvalue weighted by molar-refractivity contribution is 14.1. The number of nitrogens with one attached hydrogen (secondary N) is 1. The highest BCUT2D eigenvalue weighted by Crippen LogP contribution is 2.22. The molecule has 7 heteroatoms. The molecule has 0 fully saturated rings. The number of hydrogen-bond donors (Lipinski definition) is 1. The van der Waals surface area contributed by atoms with Gasteiger partial charge in [-0.2, -0.15) is 0 Å². The first kappa shape index (κ1) is 18.5. The summed E-state index contributed by atoms with van der Waals surface area (Å²) < 4.78 is 26.0. The highest BCUT2D eigenvalue weighted by atomic mass is 127. The summed E-state index contributed by atoms with van der Waals surface area (Å²) in [4.78, 5) is 12.3. The Bertz CT molecular complexity index is 866. The molecule has 2 rings (SSSR count). The van der Waals surface area contributed by atoms with Gasteiger partial charge in [-0.05, 0) is 59.0 Å². The first-order valence-corrected chi connectivity index (χ1v) is 9.99. The molecule has 0 heterocycles. The van der Waals surface area contributed by atoms with E-state index in [0.29, 0.717) is 16.9 Å². The fourth-order valence-corrected chi connectivity index (χ4v) is 3.54. The molecule has 1 N–H and O–H groups in total. The number of hydrogen-bond acceptors (Lipinski definition) is 3. The topological polar surface area (TPSA) is 66.5 Å². The SMILES string of the molecule is C=CCN(c1cccc(NC(=O)c2cccc(I)c2)c1)S(C)(=O)=O. The van der Waals surface area contributed by atoms with Gasteiger partial charge in [0.1, 0.15) is 0 Å². The van der Waals surface area contributed by atoms with Gasteiger partial charge in [-0.15, -0.1) is 6.58 Å². The van der Waals surface area contributed by atoms with Crippen LogP contribution in [-0.4, -0.2) is 27.1 Å². The summed E-state index contributed by atoms with van der Waals surface area (Å²) in [5, 5.41) is 2.78. The Hall–Kier alpha value is -1.87. The van der Waals surface area contributed by atoms with Crippen LogP contribution < -0.4 is 9.62 Å². The normalized spacial score (nSPS) is 10.9. The van der Waals surface area contributed by atoms with Gasteiger partial charge in [0, 0.05) is 14.8 Å². The Kier molecular flexibility index (Phi) is 6.00. The third kappa shape index (κ3) is 4.81. The highest BCUT2D eigenvalue weighted by Gasteiger charge is 2.16. The summed E-state index contributed by atoms with van der Waals surface area (Å²) in [5.41, 5.74) is 1.53. The fraction of sp³-hybridized carbons (Fsp3) is 0.118. The van der Waals surface area contributed by atoms with Gasteiger partial charge in [0.2, 0.25) is 10.0 Å². The number of anilines is 2. The van der Waals surface area contributed by atoms with E-state index < -0.39 is 10.0 Å². The van der Waals surface area contributed by atoms with Gasteiger partial charge in [0.25, 0.3) is 5.91 Å². The Morgan fingerprint density at radius 3 is 2.58 bits per heavy atom. The summed E-state index contributed by atoms with van der Waals surface area (Å²) in [6, 6.07) is 13.9. The van der Waals surface area contributed by atoms with Crippen LogP contribution in [0.15, 0.2) is 61.2 Å². The van der Waals surface area contributed by atoms with Crippen molar-refractivity contribution >= 4 is 49.9 Å². The van der Waals surface area contributed by atoms with Gasteiger partial charge in [-0.25, -0.2) is 8.42 Å². The van der Waals surface area contributed by atoms with E-state index >= 15 is 0 Å². The van der Waals surface area contributed by atoms with Crippen LogP contribution in [-0.2, 0) is 10.0 Å². The van der Waals surface area contributed by atoms with Gasteiger partial charge in [-0.1, -0.05) is 18.2 Å². The summed E-state index contributed by atoms with van der Waals surface area (Å²) in [6.45, 7) is 3.74. The number of sulfonamides is 1. The summed E-state index contributed by atoms with van der Waals surface area (Å²) in [5.74, 6) is -0.250. The molecule has 0 atom stereocenters. The molecule has 0 radical (unpaired) electrons. The average molecular weight is 456 g/mol. The van der Waals surface area contributed by atoms with Crippen LogP contribution in [0.4, 0.5) is 11.4 Å². The molecular weight excluding hydrogens is 439 g/mol. The van der Waals surface area contributed by atoms with Crippen molar-refractivity contribution in [3.63, 3.8) is 0 Å². The average Bonchev–Trinajstić information content (AvgIpc) is 2.51. The number of carbonyl (C=O) groups is 1. The van der Waals surface area contributed by atoms with Gasteiger partial charge in [0.15, 0.2) is 0 Å². The Balaban J connectivity index is 2.27. The molecule has 0 saturated heterocycles. The largest absolute Gasteiger partial charge is 0.322 e. The van der Waals surface area contributed by atoms with Crippen LogP contribution >= 0.6 is 22.6 Å². The maximum absolute atomic E-state index is 12.3. The minimum absolute atomic E-state index is 0.160. The molecule has 0 aliphatic carbocycles. The predicted octanol–water partition coefficient (Wildman–Crippen LogP) is 3.50. The molecule has 24 heavy (non-hydrogen) atoms. The summed E-state index contributed by atoms with van der Waals surface area (Å²) in [7, 11) is -3.43.